The molecule has 4 nitrogen and oxygen atoms in total. The number of nitrogens with zero attached hydrogens (tertiary/aromatic N) is 2. The molecule has 0 N–H and O–H groups in total. The fourth-order valence-corrected chi connectivity index (χ4v) is 19.5. The first-order chi connectivity index (χ1) is 37.9. The van der Waals surface area contributed by atoms with Crippen LogP contribution in [0.15, 0.2) is 255 Å². The maximum atomic E-state index is 15.3. The van der Waals surface area contributed by atoms with Crippen molar-refractivity contribution in [2.24, 2.45) is 0 Å². The van der Waals surface area contributed by atoms with Gasteiger partial charge in [0.15, 0.2) is 14.3 Å². The van der Waals surface area contributed by atoms with Crippen molar-refractivity contribution < 1.29 is 9.13 Å². The number of rotatable bonds is 4. The Hall–Kier alpha value is -9.17. The number of imidazole rings is 1. The minimum atomic E-state index is -3.06. The number of benzene rings is 13. The second-order valence-electron chi connectivity index (χ2n) is 20.9. The number of pyridine rings is 1. The summed E-state index contributed by atoms with van der Waals surface area (Å²) in [7, 11) is -6.11. The first kappa shape index (κ1) is 43.1. The van der Waals surface area contributed by atoms with Crippen LogP contribution in [-0.2, 0) is 9.13 Å². The highest BCUT2D eigenvalue weighted by atomic mass is 31.2. The monoisotopic (exact) mass is 1020 g/mol. The predicted octanol–water partition coefficient (Wildman–Crippen LogP) is 16.0. The minimum Gasteiger partial charge on any atom is -0.309 e. The van der Waals surface area contributed by atoms with Crippen LogP contribution in [0.3, 0.4) is 0 Å². The molecule has 0 saturated carbocycles. The van der Waals surface area contributed by atoms with Gasteiger partial charge in [0.05, 0.1) is 16.6 Å². The molecule has 0 unspecified atom stereocenters. The SMILES string of the molecule is O=P1(c2ccc3cc(-c4ccc5nc6c7c8ccccc8ccc7c7ccc(-c8ccc9c(ccc%10cc(P%11(=O)c%12ccccc%12-c%12ccccc%12%11)ccc%109)c8)cc7n6c5c4)ccc3c2)c2ccccc2-c2ccccc21. The number of aromatic nitrogens is 2. The first-order valence-corrected chi connectivity index (χ1v) is 29.6. The van der Waals surface area contributed by atoms with Gasteiger partial charge in [0.25, 0.3) is 0 Å². The van der Waals surface area contributed by atoms with E-state index in [0.717, 1.165) is 142 Å². The molecule has 15 aromatic rings. The fraction of sp³-hybridized carbons (Fsp3) is 0. The Morgan fingerprint density at radius 2 is 0.714 bits per heavy atom. The van der Waals surface area contributed by atoms with E-state index in [1.807, 2.05) is 72.8 Å². The van der Waals surface area contributed by atoms with E-state index >= 15 is 9.13 Å². The molecule has 4 heterocycles. The summed E-state index contributed by atoms with van der Waals surface area (Å²) < 4.78 is 33.1. The van der Waals surface area contributed by atoms with Gasteiger partial charge in [-0.2, -0.15) is 0 Å². The van der Waals surface area contributed by atoms with E-state index in [2.05, 4.69) is 186 Å². The van der Waals surface area contributed by atoms with Crippen LogP contribution in [0.4, 0.5) is 0 Å². The van der Waals surface area contributed by atoms with Crippen LogP contribution >= 0.6 is 14.3 Å². The van der Waals surface area contributed by atoms with Crippen molar-refractivity contribution >= 4 is 128 Å². The third-order valence-electron chi connectivity index (χ3n) is 16.9. The van der Waals surface area contributed by atoms with Crippen molar-refractivity contribution in [1.29, 1.82) is 0 Å². The maximum absolute atomic E-state index is 15.3. The van der Waals surface area contributed by atoms with Gasteiger partial charge in [0.2, 0.25) is 0 Å². The Kier molecular flexibility index (Phi) is 8.79. The summed E-state index contributed by atoms with van der Waals surface area (Å²) in [6, 6.07) is 89.9. The van der Waals surface area contributed by atoms with Crippen LogP contribution in [0.25, 0.3) is 126 Å². The van der Waals surface area contributed by atoms with Gasteiger partial charge in [-0.25, -0.2) is 4.98 Å². The largest absolute Gasteiger partial charge is 0.309 e. The Labute approximate surface area is 442 Å². The smallest absolute Gasteiger partial charge is 0.172 e. The highest BCUT2D eigenvalue weighted by Crippen LogP contribution is 2.54. The highest BCUT2D eigenvalue weighted by Gasteiger charge is 2.41. The van der Waals surface area contributed by atoms with E-state index < -0.39 is 14.3 Å². The molecule has 2 aliphatic rings. The van der Waals surface area contributed by atoms with Gasteiger partial charge in [-0.1, -0.05) is 212 Å². The van der Waals surface area contributed by atoms with Crippen molar-refractivity contribution in [3.05, 3.63) is 255 Å². The van der Waals surface area contributed by atoms with Crippen molar-refractivity contribution in [1.82, 2.24) is 9.38 Å². The molecule has 0 atom stereocenters. The lowest BCUT2D eigenvalue weighted by molar-refractivity contribution is 0.592. The average Bonchev–Trinajstić information content (AvgIpc) is 4.29. The Morgan fingerprint density at radius 3 is 1.36 bits per heavy atom. The lowest BCUT2D eigenvalue weighted by Gasteiger charge is -2.17. The summed E-state index contributed by atoms with van der Waals surface area (Å²) in [5, 5.41) is 17.9. The van der Waals surface area contributed by atoms with E-state index in [9.17, 15) is 0 Å². The van der Waals surface area contributed by atoms with E-state index in [-0.39, 0.29) is 0 Å². The van der Waals surface area contributed by atoms with Crippen LogP contribution in [0.2, 0.25) is 0 Å². The van der Waals surface area contributed by atoms with Crippen molar-refractivity contribution in [2.45, 2.75) is 0 Å². The molecule has 77 heavy (non-hydrogen) atoms. The van der Waals surface area contributed by atoms with Crippen molar-refractivity contribution in [3.63, 3.8) is 0 Å². The van der Waals surface area contributed by atoms with Gasteiger partial charge in [-0.15, -0.1) is 0 Å². The summed E-state index contributed by atoms with van der Waals surface area (Å²) in [6.07, 6.45) is 0. The molecule has 6 heteroatoms. The molecule has 358 valence electrons. The molecule has 2 aliphatic heterocycles. The second kappa shape index (κ2) is 15.7. The van der Waals surface area contributed by atoms with E-state index in [1.54, 1.807) is 0 Å². The summed E-state index contributed by atoms with van der Waals surface area (Å²) in [4.78, 5) is 5.46. The van der Waals surface area contributed by atoms with Gasteiger partial charge >= 0.3 is 0 Å². The van der Waals surface area contributed by atoms with Crippen molar-refractivity contribution in [2.75, 3.05) is 0 Å². The molecule has 0 spiro atoms. The molecule has 0 radical (unpaired) electrons. The van der Waals surface area contributed by atoms with Gasteiger partial charge in [0, 0.05) is 42.6 Å². The average molecular weight is 1020 g/mol. The van der Waals surface area contributed by atoms with Gasteiger partial charge < -0.3 is 9.13 Å². The second-order valence-corrected chi connectivity index (χ2v) is 26.3. The molecule has 0 aliphatic carbocycles. The topological polar surface area (TPSA) is 51.4 Å². The molecule has 13 aromatic carbocycles. The third kappa shape index (κ3) is 5.92. The minimum absolute atomic E-state index is 0.859. The van der Waals surface area contributed by atoms with E-state index in [4.69, 9.17) is 4.98 Å². The summed E-state index contributed by atoms with van der Waals surface area (Å²) in [5.41, 5.74) is 12.7. The summed E-state index contributed by atoms with van der Waals surface area (Å²) in [5.74, 6) is 0. The van der Waals surface area contributed by atoms with Crippen LogP contribution in [-0.4, -0.2) is 9.38 Å². The molecule has 17 rings (SSSR count). The zero-order valence-corrected chi connectivity index (χ0v) is 43.1. The quantitative estimate of drug-likeness (QED) is 0.130. The summed E-state index contributed by atoms with van der Waals surface area (Å²) in [6.45, 7) is 0. The molecule has 0 saturated heterocycles. The molecule has 0 amide bonds. The zero-order valence-electron chi connectivity index (χ0n) is 41.4. The van der Waals surface area contributed by atoms with Crippen LogP contribution in [0.5, 0.6) is 0 Å². The highest BCUT2D eigenvalue weighted by molar-refractivity contribution is 7.87. The Bertz CT molecular complexity index is 5170. The predicted molar refractivity (Wildman–Crippen MR) is 325 cm³/mol. The van der Waals surface area contributed by atoms with Gasteiger partial charge in [-0.05, 0) is 135 Å². The molecule has 0 bridgehead atoms. The van der Waals surface area contributed by atoms with Crippen molar-refractivity contribution in [3.8, 4) is 44.5 Å². The maximum Gasteiger partial charge on any atom is 0.172 e. The normalized spacial score (nSPS) is 14.0. The first-order valence-electron chi connectivity index (χ1n) is 26.2. The molecular formula is C71H42N2O2P2. The lowest BCUT2D eigenvalue weighted by atomic mass is 9.95. The number of hydrogen-bond acceptors (Lipinski definition) is 3. The van der Waals surface area contributed by atoms with Gasteiger partial charge in [-0.3, -0.25) is 4.40 Å². The lowest BCUT2D eigenvalue weighted by Crippen LogP contribution is -2.20. The third-order valence-corrected chi connectivity index (χ3v) is 23.2. The Morgan fingerprint density at radius 1 is 0.299 bits per heavy atom. The van der Waals surface area contributed by atoms with E-state index in [1.165, 1.54) is 16.2 Å². The fourth-order valence-electron chi connectivity index (χ4n) is 13.3. The zero-order chi connectivity index (χ0) is 50.7. The standard InChI is InChI=1S/C71H42N2O2P2/c74-76(66-17-7-3-13-58(66)59-14-4-8-18-67(59)76)52-30-25-45-37-44(21-22-47(45)39-52)49-29-36-63-65(42-49)73-64-41-48(28-33-57(64)62-34-26-43-11-1-2-12-56(43)70(62)71(73)72-63)46-27-32-54-50(38-46)23-24-51-40-53(31-35-55(51)54)77(75)68-19-9-5-15-60(68)61-16-6-10-20-69(61)77/h1-42H. The summed E-state index contributed by atoms with van der Waals surface area (Å²) >= 11 is 0. The van der Waals surface area contributed by atoms with Gasteiger partial charge in [0.1, 0.15) is 5.65 Å². The Balaban J connectivity index is 0.793. The van der Waals surface area contributed by atoms with Crippen LogP contribution < -0.4 is 31.8 Å². The molecule has 2 aromatic heterocycles. The van der Waals surface area contributed by atoms with E-state index in [0.29, 0.717) is 0 Å². The van der Waals surface area contributed by atoms with Crippen LogP contribution in [0, 0.1) is 0 Å². The number of hydrogen-bond donors (Lipinski definition) is 0. The molecule has 0 fully saturated rings. The van der Waals surface area contributed by atoms with Crippen LogP contribution in [0.1, 0.15) is 0 Å². The number of fused-ring (bicyclic) bond motifs is 20. The molecular weight excluding hydrogens is 975 g/mol.